The van der Waals surface area contributed by atoms with Gasteiger partial charge in [0.2, 0.25) is 0 Å². The topological polar surface area (TPSA) is 41.9 Å². The molecule has 6 heteroatoms. The molecular weight excluding hydrogens is 419 g/mol. The van der Waals surface area contributed by atoms with E-state index in [0.717, 1.165) is 16.7 Å². The molecule has 1 aliphatic heterocycles. The molecule has 2 aromatic carbocycles. The lowest BCUT2D eigenvalue weighted by Gasteiger charge is -2.31. The van der Waals surface area contributed by atoms with Gasteiger partial charge in [0.1, 0.15) is 17.1 Å². The quantitative estimate of drug-likeness (QED) is 0.384. The summed E-state index contributed by atoms with van der Waals surface area (Å²) in [4.78, 5) is 19.0. The Labute approximate surface area is 188 Å². The number of hydrogen-bond acceptors (Lipinski definition) is 3. The van der Waals surface area contributed by atoms with E-state index in [9.17, 15) is 4.79 Å². The molecule has 0 saturated carbocycles. The van der Waals surface area contributed by atoms with Crippen LogP contribution in [-0.4, -0.2) is 28.8 Å². The molecule has 2 unspecified atom stereocenters. The van der Waals surface area contributed by atoms with Gasteiger partial charge in [0, 0.05) is 5.02 Å². The van der Waals surface area contributed by atoms with Crippen LogP contribution in [0, 0.1) is 0 Å². The first kappa shape index (κ1) is 22.6. The van der Waals surface area contributed by atoms with Gasteiger partial charge in [-0.15, -0.1) is 0 Å². The number of rotatable bonds is 4. The van der Waals surface area contributed by atoms with Crippen molar-refractivity contribution in [2.75, 3.05) is 6.61 Å². The number of carbonyl (C=O) groups excluding carboxylic acids is 1. The Kier molecular flexibility index (Phi) is 6.22. The third-order valence-electron chi connectivity index (χ3n) is 5.77. The fourth-order valence-electron chi connectivity index (χ4n) is 3.77. The Morgan fingerprint density at radius 2 is 1.83 bits per heavy atom. The largest absolute Gasteiger partial charge is 0.493 e. The Balaban J connectivity index is 2.19. The fraction of sp³-hybridized carbons (Fsp3) is 0.417. The van der Waals surface area contributed by atoms with Crippen molar-refractivity contribution in [3.63, 3.8) is 0 Å². The smallest absolute Gasteiger partial charge is 0.322 e. The molecule has 0 bridgehead atoms. The first-order valence-electron chi connectivity index (χ1n) is 10.1. The van der Waals surface area contributed by atoms with E-state index >= 15 is 0 Å². The standard InChI is InChI=1S/C24H28Cl2N2O2/c1-7-30-20-14-17(23(3,4)5)10-13-19(20)21-27-24(6,15(2)28(21)22(26)29)16-8-11-18(25)12-9-16/h8-15H,7H2,1-6H3. The van der Waals surface area contributed by atoms with E-state index in [1.54, 1.807) is 4.90 Å². The van der Waals surface area contributed by atoms with Gasteiger partial charge >= 0.3 is 5.37 Å². The van der Waals surface area contributed by atoms with Crippen LogP contribution in [0.3, 0.4) is 0 Å². The minimum absolute atomic E-state index is 0.0328. The summed E-state index contributed by atoms with van der Waals surface area (Å²) >= 11 is 12.1. The third kappa shape index (κ3) is 4.08. The van der Waals surface area contributed by atoms with Crippen molar-refractivity contribution in [2.45, 2.75) is 58.5 Å². The number of amides is 1. The number of amidine groups is 1. The highest BCUT2D eigenvalue weighted by atomic mass is 35.5. The number of benzene rings is 2. The van der Waals surface area contributed by atoms with Crippen molar-refractivity contribution in [2.24, 2.45) is 4.99 Å². The zero-order valence-electron chi connectivity index (χ0n) is 18.3. The lowest BCUT2D eigenvalue weighted by atomic mass is 9.86. The van der Waals surface area contributed by atoms with Crippen molar-refractivity contribution < 1.29 is 9.53 Å². The average Bonchev–Trinajstić information content (AvgIpc) is 2.94. The third-order valence-corrected chi connectivity index (χ3v) is 6.21. The SMILES string of the molecule is CCOc1cc(C(C)(C)C)ccc1C1=NC(C)(c2ccc(Cl)cc2)C(C)N1C(=O)Cl. The Morgan fingerprint density at radius 1 is 1.20 bits per heavy atom. The van der Waals surface area contributed by atoms with E-state index in [2.05, 4.69) is 26.8 Å². The van der Waals surface area contributed by atoms with Crippen molar-refractivity contribution >= 4 is 34.4 Å². The van der Waals surface area contributed by atoms with Gasteiger partial charge in [-0.3, -0.25) is 14.7 Å². The molecule has 0 saturated heterocycles. The van der Waals surface area contributed by atoms with Crippen LogP contribution in [0.2, 0.25) is 5.02 Å². The van der Waals surface area contributed by atoms with Gasteiger partial charge in [-0.2, -0.15) is 0 Å². The van der Waals surface area contributed by atoms with E-state index in [4.69, 9.17) is 32.9 Å². The summed E-state index contributed by atoms with van der Waals surface area (Å²) in [5.74, 6) is 1.21. The molecule has 0 spiro atoms. The van der Waals surface area contributed by atoms with E-state index in [1.807, 2.05) is 57.2 Å². The fourth-order valence-corrected chi connectivity index (χ4v) is 4.12. The van der Waals surface area contributed by atoms with Gasteiger partial charge in [0.05, 0.1) is 18.2 Å². The number of carbonyl (C=O) groups is 1. The predicted octanol–water partition coefficient (Wildman–Crippen LogP) is 6.76. The van der Waals surface area contributed by atoms with E-state index < -0.39 is 10.9 Å². The number of aliphatic imine (C=N–C) groups is 1. The molecule has 3 rings (SSSR count). The highest BCUT2D eigenvalue weighted by Crippen LogP contribution is 2.42. The lowest BCUT2D eigenvalue weighted by molar-refractivity contribution is 0.223. The summed E-state index contributed by atoms with van der Waals surface area (Å²) < 4.78 is 5.96. The van der Waals surface area contributed by atoms with Crippen LogP contribution < -0.4 is 4.74 Å². The maximum atomic E-state index is 12.5. The van der Waals surface area contributed by atoms with Crippen LogP contribution in [0.4, 0.5) is 4.79 Å². The maximum Gasteiger partial charge on any atom is 0.322 e. The van der Waals surface area contributed by atoms with Gasteiger partial charge in [0.15, 0.2) is 0 Å². The average molecular weight is 447 g/mol. The second-order valence-electron chi connectivity index (χ2n) is 8.78. The second kappa shape index (κ2) is 8.24. The molecule has 30 heavy (non-hydrogen) atoms. The van der Waals surface area contributed by atoms with Crippen molar-refractivity contribution in [1.82, 2.24) is 4.90 Å². The van der Waals surface area contributed by atoms with Crippen molar-refractivity contribution in [3.05, 3.63) is 64.2 Å². The van der Waals surface area contributed by atoms with Crippen LogP contribution in [0.25, 0.3) is 0 Å². The molecule has 1 amide bonds. The maximum absolute atomic E-state index is 12.5. The summed E-state index contributed by atoms with van der Waals surface area (Å²) in [6.45, 7) is 12.9. The number of hydrogen-bond donors (Lipinski definition) is 0. The minimum Gasteiger partial charge on any atom is -0.493 e. The minimum atomic E-state index is -0.670. The normalized spacial score (nSPS) is 21.5. The van der Waals surface area contributed by atoms with Gasteiger partial charge in [0.25, 0.3) is 0 Å². The number of halogens is 2. The highest BCUT2D eigenvalue weighted by molar-refractivity contribution is 6.64. The molecule has 2 aromatic rings. The number of ether oxygens (including phenoxy) is 1. The molecule has 4 nitrogen and oxygen atoms in total. The van der Waals surface area contributed by atoms with Crippen LogP contribution in [0.15, 0.2) is 47.5 Å². The zero-order valence-corrected chi connectivity index (χ0v) is 19.8. The van der Waals surface area contributed by atoms with E-state index in [0.29, 0.717) is 23.2 Å². The summed E-state index contributed by atoms with van der Waals surface area (Å²) in [7, 11) is 0. The molecule has 1 aliphatic rings. The van der Waals surface area contributed by atoms with Crippen LogP contribution in [-0.2, 0) is 11.0 Å². The Hall–Kier alpha value is -2.04. The lowest BCUT2D eigenvalue weighted by Crippen LogP contribution is -2.43. The van der Waals surface area contributed by atoms with Crippen LogP contribution in [0.1, 0.15) is 58.2 Å². The second-order valence-corrected chi connectivity index (χ2v) is 9.54. The molecule has 2 atom stereocenters. The first-order chi connectivity index (χ1) is 14.0. The highest BCUT2D eigenvalue weighted by Gasteiger charge is 2.47. The Morgan fingerprint density at radius 3 is 2.37 bits per heavy atom. The van der Waals surface area contributed by atoms with E-state index in [-0.39, 0.29) is 11.5 Å². The summed E-state index contributed by atoms with van der Waals surface area (Å²) in [6, 6.07) is 13.3. The summed E-state index contributed by atoms with van der Waals surface area (Å²) in [5, 5.41) is 0.0835. The monoisotopic (exact) mass is 446 g/mol. The zero-order chi connectivity index (χ0) is 22.3. The van der Waals surface area contributed by atoms with Crippen LogP contribution in [0.5, 0.6) is 5.75 Å². The first-order valence-corrected chi connectivity index (χ1v) is 10.9. The molecule has 0 aromatic heterocycles. The van der Waals surface area contributed by atoms with Gasteiger partial charge in [-0.05, 0) is 73.2 Å². The molecule has 0 N–H and O–H groups in total. The molecule has 0 aliphatic carbocycles. The molecule has 0 fully saturated rings. The van der Waals surface area contributed by atoms with Crippen LogP contribution >= 0.6 is 23.2 Å². The molecule has 160 valence electrons. The van der Waals surface area contributed by atoms with Gasteiger partial charge < -0.3 is 4.74 Å². The molecule has 1 heterocycles. The number of nitrogens with zero attached hydrogens (tertiary/aromatic N) is 2. The van der Waals surface area contributed by atoms with Gasteiger partial charge in [-0.1, -0.05) is 50.6 Å². The summed E-state index contributed by atoms with van der Waals surface area (Å²) in [5.41, 5.74) is 2.15. The Bertz CT molecular complexity index is 980. The predicted molar refractivity (Wildman–Crippen MR) is 124 cm³/mol. The van der Waals surface area contributed by atoms with Crippen molar-refractivity contribution in [3.8, 4) is 5.75 Å². The molecular formula is C24H28Cl2N2O2. The van der Waals surface area contributed by atoms with E-state index in [1.165, 1.54) is 0 Å². The van der Waals surface area contributed by atoms with Crippen molar-refractivity contribution in [1.29, 1.82) is 0 Å². The molecule has 0 radical (unpaired) electrons. The van der Waals surface area contributed by atoms with Gasteiger partial charge in [-0.25, -0.2) is 0 Å². The summed E-state index contributed by atoms with van der Waals surface area (Å²) in [6.07, 6.45) is 0.